The summed E-state index contributed by atoms with van der Waals surface area (Å²) >= 11 is 0. The quantitative estimate of drug-likeness (QED) is 0.339. The van der Waals surface area contributed by atoms with E-state index in [1.807, 2.05) is 0 Å². The topological polar surface area (TPSA) is 78.7 Å². The molecule has 1 atom stereocenters. The molecule has 88 valence electrons. The lowest BCUT2D eigenvalue weighted by molar-refractivity contribution is -0.386. The average molecular weight is 235 g/mol. The molecule has 0 fully saturated rings. The molecule has 0 radical (unpaired) electrons. The van der Waals surface area contributed by atoms with E-state index in [-0.39, 0.29) is 17.0 Å². The first-order valence-electron chi connectivity index (χ1n) is 4.80. The van der Waals surface area contributed by atoms with Crippen molar-refractivity contribution in [2.24, 2.45) is 0 Å². The van der Waals surface area contributed by atoms with Gasteiger partial charge in [0.1, 0.15) is 5.56 Å². The van der Waals surface area contributed by atoms with Gasteiger partial charge in [0.15, 0.2) is 0 Å². The highest BCUT2D eigenvalue weighted by Crippen LogP contribution is 2.38. The van der Waals surface area contributed by atoms with E-state index in [2.05, 4.69) is 6.58 Å². The number of esters is 1. The second-order valence-electron chi connectivity index (χ2n) is 3.62. The lowest BCUT2D eigenvalue weighted by atomic mass is 10.1. The minimum atomic E-state index is -1.38. The highest BCUT2D eigenvalue weighted by Gasteiger charge is 2.39. The Hall–Kier alpha value is -2.37. The number of nitro benzene ring substituents is 1. The molecule has 1 aliphatic rings. The fourth-order valence-electron chi connectivity index (χ4n) is 1.48. The number of fused-ring (bicyclic) bond motifs is 1. The van der Waals surface area contributed by atoms with E-state index in [0.29, 0.717) is 0 Å². The number of hydrogen-bond donors (Lipinski definition) is 0. The summed E-state index contributed by atoms with van der Waals surface area (Å²) in [6.45, 7) is 4.92. The maximum atomic E-state index is 11.7. The SMILES string of the molecule is C=CC1(C)OC(=O)c2cccc([N+](=O)[O-])c2O1. The van der Waals surface area contributed by atoms with Crippen LogP contribution in [0.15, 0.2) is 30.9 Å². The van der Waals surface area contributed by atoms with Crippen LogP contribution in [0.4, 0.5) is 5.69 Å². The predicted molar refractivity (Wildman–Crippen MR) is 57.7 cm³/mol. The summed E-state index contributed by atoms with van der Waals surface area (Å²) in [5.74, 6) is -2.13. The van der Waals surface area contributed by atoms with Crippen molar-refractivity contribution in [2.45, 2.75) is 12.7 Å². The second-order valence-corrected chi connectivity index (χ2v) is 3.62. The summed E-state index contributed by atoms with van der Waals surface area (Å²) in [5, 5.41) is 10.8. The smallest absolute Gasteiger partial charge is 0.345 e. The number of nitrogens with zero attached hydrogens (tertiary/aromatic N) is 1. The number of hydrogen-bond acceptors (Lipinski definition) is 5. The Labute approximate surface area is 96.6 Å². The molecule has 1 heterocycles. The molecule has 0 N–H and O–H groups in total. The Bertz CT molecular complexity index is 510. The van der Waals surface area contributed by atoms with Crippen LogP contribution in [0.5, 0.6) is 5.75 Å². The zero-order valence-corrected chi connectivity index (χ0v) is 9.00. The van der Waals surface area contributed by atoms with Gasteiger partial charge in [-0.2, -0.15) is 0 Å². The van der Waals surface area contributed by atoms with E-state index in [9.17, 15) is 14.9 Å². The second kappa shape index (κ2) is 3.58. The molecule has 6 heteroatoms. The summed E-state index contributed by atoms with van der Waals surface area (Å²) in [6, 6.07) is 4.08. The number of para-hydroxylation sites is 1. The van der Waals surface area contributed by atoms with Crippen molar-refractivity contribution in [1.82, 2.24) is 0 Å². The van der Waals surface area contributed by atoms with Crippen LogP contribution >= 0.6 is 0 Å². The number of nitro groups is 1. The van der Waals surface area contributed by atoms with E-state index in [1.54, 1.807) is 0 Å². The molecule has 0 aliphatic carbocycles. The molecule has 0 spiro atoms. The molecule has 1 aromatic carbocycles. The highest BCUT2D eigenvalue weighted by molar-refractivity contribution is 5.95. The number of rotatable bonds is 2. The molecule has 0 aromatic heterocycles. The van der Waals surface area contributed by atoms with E-state index in [4.69, 9.17) is 9.47 Å². The summed E-state index contributed by atoms with van der Waals surface area (Å²) < 4.78 is 10.3. The van der Waals surface area contributed by atoms with Crippen molar-refractivity contribution in [3.63, 3.8) is 0 Å². The summed E-state index contributed by atoms with van der Waals surface area (Å²) in [6.07, 6.45) is 1.27. The summed E-state index contributed by atoms with van der Waals surface area (Å²) in [5.41, 5.74) is -0.231. The zero-order valence-electron chi connectivity index (χ0n) is 9.00. The fraction of sp³-hybridized carbons (Fsp3) is 0.182. The average Bonchev–Trinajstić information content (AvgIpc) is 2.28. The van der Waals surface area contributed by atoms with Crippen molar-refractivity contribution in [3.05, 3.63) is 46.5 Å². The molecular formula is C11H9NO5. The minimum Gasteiger partial charge on any atom is -0.441 e. The lowest BCUT2D eigenvalue weighted by Crippen LogP contribution is -2.40. The van der Waals surface area contributed by atoms with Crippen LogP contribution in [-0.2, 0) is 4.74 Å². The van der Waals surface area contributed by atoms with E-state index < -0.39 is 16.7 Å². The van der Waals surface area contributed by atoms with E-state index in [0.717, 1.165) is 0 Å². The van der Waals surface area contributed by atoms with Crippen molar-refractivity contribution < 1.29 is 19.2 Å². The molecule has 2 rings (SSSR count). The summed E-state index contributed by atoms with van der Waals surface area (Å²) in [4.78, 5) is 21.9. The van der Waals surface area contributed by atoms with Gasteiger partial charge < -0.3 is 9.47 Å². The highest BCUT2D eigenvalue weighted by atomic mass is 16.7. The maximum absolute atomic E-state index is 11.7. The first-order chi connectivity index (χ1) is 7.97. The van der Waals surface area contributed by atoms with Crippen molar-refractivity contribution in [2.75, 3.05) is 0 Å². The minimum absolute atomic E-state index is 0.0403. The van der Waals surface area contributed by atoms with Crippen LogP contribution in [0, 0.1) is 10.1 Å². The normalized spacial score (nSPS) is 22.1. The van der Waals surface area contributed by atoms with E-state index >= 15 is 0 Å². The molecule has 17 heavy (non-hydrogen) atoms. The van der Waals surface area contributed by atoms with Gasteiger partial charge in [-0.15, -0.1) is 0 Å². The largest absolute Gasteiger partial charge is 0.441 e. The molecule has 1 aliphatic heterocycles. The van der Waals surface area contributed by atoms with Crippen LogP contribution in [0.25, 0.3) is 0 Å². The standard InChI is InChI=1S/C11H9NO5/c1-3-11(2)16-9-7(10(13)17-11)5-4-6-8(9)12(14)15/h3-6H,1H2,2H3. The van der Waals surface area contributed by atoms with Crippen LogP contribution in [-0.4, -0.2) is 16.7 Å². The van der Waals surface area contributed by atoms with Crippen LogP contribution in [0.3, 0.4) is 0 Å². The van der Waals surface area contributed by atoms with Gasteiger partial charge in [-0.1, -0.05) is 12.6 Å². The number of cyclic esters (lactones) is 1. The number of carbonyl (C=O) groups excluding carboxylic acids is 1. The molecular weight excluding hydrogens is 226 g/mol. The van der Waals surface area contributed by atoms with Gasteiger partial charge in [-0.25, -0.2) is 4.79 Å². The van der Waals surface area contributed by atoms with Gasteiger partial charge in [0.05, 0.1) is 4.92 Å². The third-order valence-electron chi connectivity index (χ3n) is 2.38. The molecule has 0 saturated heterocycles. The molecule has 6 nitrogen and oxygen atoms in total. The van der Waals surface area contributed by atoms with Gasteiger partial charge in [0.2, 0.25) is 5.75 Å². The molecule has 0 bridgehead atoms. The first kappa shape index (κ1) is 11.1. The van der Waals surface area contributed by atoms with Crippen LogP contribution < -0.4 is 4.74 Å². The summed E-state index contributed by atoms with van der Waals surface area (Å²) in [7, 11) is 0. The van der Waals surface area contributed by atoms with Gasteiger partial charge in [-0.3, -0.25) is 10.1 Å². The number of carbonyl (C=O) groups is 1. The molecule has 0 saturated carbocycles. The monoisotopic (exact) mass is 235 g/mol. The Morgan fingerprint density at radius 1 is 1.47 bits per heavy atom. The van der Waals surface area contributed by atoms with Gasteiger partial charge in [-0.05, 0) is 12.1 Å². The Morgan fingerprint density at radius 2 is 2.18 bits per heavy atom. The van der Waals surface area contributed by atoms with Crippen LogP contribution in [0.1, 0.15) is 17.3 Å². The third-order valence-corrected chi connectivity index (χ3v) is 2.38. The van der Waals surface area contributed by atoms with E-state index in [1.165, 1.54) is 31.2 Å². The van der Waals surface area contributed by atoms with Crippen molar-refractivity contribution >= 4 is 11.7 Å². The zero-order chi connectivity index (χ0) is 12.6. The molecule has 1 aromatic rings. The predicted octanol–water partition coefficient (Wildman–Crippen LogP) is 2.05. The van der Waals surface area contributed by atoms with Gasteiger partial charge >= 0.3 is 11.7 Å². The van der Waals surface area contributed by atoms with Gasteiger partial charge in [0.25, 0.3) is 5.79 Å². The lowest BCUT2D eigenvalue weighted by Gasteiger charge is -2.31. The number of ether oxygens (including phenoxy) is 2. The van der Waals surface area contributed by atoms with Gasteiger partial charge in [0, 0.05) is 13.0 Å². The van der Waals surface area contributed by atoms with Crippen molar-refractivity contribution in [1.29, 1.82) is 0 Å². The van der Waals surface area contributed by atoms with Crippen molar-refractivity contribution in [3.8, 4) is 5.75 Å². The first-order valence-corrected chi connectivity index (χ1v) is 4.80. The Kier molecular flexibility index (Phi) is 2.35. The Morgan fingerprint density at radius 3 is 2.76 bits per heavy atom. The number of benzene rings is 1. The Balaban J connectivity index is 2.61. The third kappa shape index (κ3) is 1.73. The molecule has 1 unspecified atom stereocenters. The van der Waals surface area contributed by atoms with Crippen LogP contribution in [0.2, 0.25) is 0 Å². The maximum Gasteiger partial charge on any atom is 0.345 e. The molecule has 0 amide bonds. The fourth-order valence-corrected chi connectivity index (χ4v) is 1.48.